The summed E-state index contributed by atoms with van der Waals surface area (Å²) in [5, 5.41) is 12.8. The number of aliphatic hydroxyl groups is 1. The maximum Gasteiger partial charge on any atom is 0.226 e. The van der Waals surface area contributed by atoms with Gasteiger partial charge in [-0.1, -0.05) is 35.9 Å². The van der Waals surface area contributed by atoms with Crippen molar-refractivity contribution in [1.29, 1.82) is 0 Å². The Morgan fingerprint density at radius 2 is 2.21 bits per heavy atom. The zero-order valence-electron chi connectivity index (χ0n) is 13.5. The van der Waals surface area contributed by atoms with Gasteiger partial charge in [-0.3, -0.25) is 9.59 Å². The van der Waals surface area contributed by atoms with Gasteiger partial charge in [-0.15, -0.1) is 0 Å². The number of carbonyl (C=O) groups excluding carboxylic acids is 2. The van der Waals surface area contributed by atoms with E-state index < -0.39 is 5.92 Å². The number of hydrogen-bond donors (Lipinski definition) is 2. The number of nitrogens with one attached hydrogen (secondary N) is 1. The third-order valence-corrected chi connectivity index (χ3v) is 5.08. The van der Waals surface area contributed by atoms with E-state index in [2.05, 4.69) is 5.32 Å². The minimum Gasteiger partial charge on any atom is -0.396 e. The van der Waals surface area contributed by atoms with Crippen molar-refractivity contribution in [3.8, 4) is 0 Å². The van der Waals surface area contributed by atoms with Gasteiger partial charge < -0.3 is 15.3 Å². The van der Waals surface area contributed by atoms with Gasteiger partial charge in [0.05, 0.1) is 12.0 Å². The van der Waals surface area contributed by atoms with E-state index in [1.165, 1.54) is 0 Å². The Bertz CT molecular complexity index is 676. The molecule has 5 nitrogen and oxygen atoms in total. The van der Waals surface area contributed by atoms with Crippen LogP contribution in [0.25, 0.3) is 0 Å². The first-order chi connectivity index (χ1) is 11.5. The number of amides is 2. The molecule has 2 amide bonds. The average Bonchev–Trinajstić information content (AvgIpc) is 3.12. The van der Waals surface area contributed by atoms with Gasteiger partial charge in [0.15, 0.2) is 0 Å². The highest BCUT2D eigenvalue weighted by Crippen LogP contribution is 2.38. The highest BCUT2D eigenvalue weighted by molar-refractivity contribution is 6.30. The fourth-order valence-electron chi connectivity index (χ4n) is 3.56. The number of rotatable bonds is 4. The zero-order valence-corrected chi connectivity index (χ0v) is 14.2. The van der Waals surface area contributed by atoms with Crippen molar-refractivity contribution in [3.05, 3.63) is 47.0 Å². The number of hydrogen-bond acceptors (Lipinski definition) is 3. The molecular formula is C18H21ClN2O3. The second kappa shape index (κ2) is 6.95. The third kappa shape index (κ3) is 3.32. The van der Waals surface area contributed by atoms with Crippen molar-refractivity contribution in [3.63, 3.8) is 0 Å². The van der Waals surface area contributed by atoms with Crippen molar-refractivity contribution in [2.24, 2.45) is 11.8 Å². The van der Waals surface area contributed by atoms with Gasteiger partial charge in [-0.25, -0.2) is 0 Å². The monoisotopic (exact) mass is 348 g/mol. The molecule has 0 saturated carbocycles. The summed E-state index contributed by atoms with van der Waals surface area (Å²) in [4.78, 5) is 26.5. The summed E-state index contributed by atoms with van der Waals surface area (Å²) in [5.74, 6) is -0.532. The van der Waals surface area contributed by atoms with Crippen molar-refractivity contribution >= 4 is 23.4 Å². The molecule has 1 heterocycles. The Kier molecular flexibility index (Phi) is 4.92. The molecule has 6 heteroatoms. The van der Waals surface area contributed by atoms with Gasteiger partial charge in [0, 0.05) is 37.1 Å². The number of aliphatic hydroxyl groups excluding tert-OH is 1. The second-order valence-electron chi connectivity index (χ2n) is 6.49. The predicted octanol–water partition coefficient (Wildman–Crippen LogP) is 1.91. The normalized spacial score (nSPS) is 29.3. The zero-order chi connectivity index (χ0) is 17.3. The fraction of sp³-hybridized carbons (Fsp3) is 0.444. The number of nitrogens with zero attached hydrogens (tertiary/aromatic N) is 1. The SMILES string of the molecule is CN1C(=O)C[C@H](C(=O)N[C@@H]2C=C[C@H](CO)C2)[C@H]1c1cccc(Cl)c1. The van der Waals surface area contributed by atoms with Crippen LogP contribution in [0, 0.1) is 11.8 Å². The maximum atomic E-state index is 12.7. The topological polar surface area (TPSA) is 69.6 Å². The smallest absolute Gasteiger partial charge is 0.226 e. The Balaban J connectivity index is 1.76. The van der Waals surface area contributed by atoms with Crippen molar-refractivity contribution in [2.75, 3.05) is 13.7 Å². The highest BCUT2D eigenvalue weighted by Gasteiger charge is 2.43. The molecule has 128 valence electrons. The minimum atomic E-state index is -0.442. The number of halogens is 1. The molecule has 4 atom stereocenters. The van der Waals surface area contributed by atoms with E-state index in [1.807, 2.05) is 24.3 Å². The molecule has 24 heavy (non-hydrogen) atoms. The van der Waals surface area contributed by atoms with Crippen molar-refractivity contribution < 1.29 is 14.7 Å². The molecule has 1 aliphatic carbocycles. The van der Waals surface area contributed by atoms with E-state index in [-0.39, 0.29) is 42.8 Å². The Morgan fingerprint density at radius 3 is 2.88 bits per heavy atom. The van der Waals surface area contributed by atoms with Crippen LogP contribution in [0.4, 0.5) is 0 Å². The molecule has 2 aliphatic rings. The second-order valence-corrected chi connectivity index (χ2v) is 6.93. The lowest BCUT2D eigenvalue weighted by Crippen LogP contribution is -2.39. The molecule has 0 bridgehead atoms. The Morgan fingerprint density at radius 1 is 1.42 bits per heavy atom. The Labute approximate surface area is 146 Å². The van der Waals surface area contributed by atoms with Crippen LogP contribution in [-0.4, -0.2) is 41.5 Å². The molecule has 0 radical (unpaired) electrons. The number of benzene rings is 1. The quantitative estimate of drug-likeness (QED) is 0.817. The summed E-state index contributed by atoms with van der Waals surface area (Å²) < 4.78 is 0. The molecule has 2 N–H and O–H groups in total. The molecular weight excluding hydrogens is 328 g/mol. The van der Waals surface area contributed by atoms with Crippen LogP contribution in [0.3, 0.4) is 0 Å². The van der Waals surface area contributed by atoms with E-state index in [9.17, 15) is 14.7 Å². The summed E-state index contributed by atoms with van der Waals surface area (Å²) in [6, 6.07) is 6.90. The molecule has 1 fully saturated rings. The molecule has 0 aromatic heterocycles. The van der Waals surface area contributed by atoms with Crippen LogP contribution >= 0.6 is 11.6 Å². The largest absolute Gasteiger partial charge is 0.396 e. The summed E-state index contributed by atoms with van der Waals surface area (Å²) in [5.41, 5.74) is 0.867. The summed E-state index contributed by atoms with van der Waals surface area (Å²) in [7, 11) is 1.72. The number of likely N-dealkylation sites (tertiary alicyclic amines) is 1. The first kappa shape index (κ1) is 17.0. The van der Waals surface area contributed by atoms with Gasteiger partial charge in [0.25, 0.3) is 0 Å². The molecule has 1 aromatic carbocycles. The summed E-state index contributed by atoms with van der Waals surface area (Å²) >= 11 is 6.07. The minimum absolute atomic E-state index is 0.0460. The predicted molar refractivity (Wildman–Crippen MR) is 91.3 cm³/mol. The van der Waals surface area contributed by atoms with Gasteiger partial charge in [0.1, 0.15) is 0 Å². The van der Waals surface area contributed by atoms with Crippen molar-refractivity contribution in [2.45, 2.75) is 24.9 Å². The standard InChI is InChI=1S/C18H21ClN2O3/c1-21-16(23)9-15(17(21)12-3-2-4-13(19)8-12)18(24)20-14-6-5-11(7-14)10-22/h2-6,8,11,14-15,17,22H,7,9-10H2,1H3,(H,20,24)/t11-,14+,15-,17+/m0/s1. The fourth-order valence-corrected chi connectivity index (χ4v) is 3.76. The Hall–Kier alpha value is -1.85. The van der Waals surface area contributed by atoms with E-state index in [4.69, 9.17) is 11.6 Å². The molecule has 1 saturated heterocycles. The average molecular weight is 349 g/mol. The van der Waals surface area contributed by atoms with Crippen LogP contribution in [0.5, 0.6) is 0 Å². The first-order valence-corrected chi connectivity index (χ1v) is 8.48. The first-order valence-electron chi connectivity index (χ1n) is 8.10. The van der Waals surface area contributed by atoms with Crippen LogP contribution < -0.4 is 5.32 Å². The lowest BCUT2D eigenvalue weighted by Gasteiger charge is -2.26. The third-order valence-electron chi connectivity index (χ3n) is 4.85. The van der Waals surface area contributed by atoms with Crippen LogP contribution in [0.15, 0.2) is 36.4 Å². The van der Waals surface area contributed by atoms with Gasteiger partial charge in [-0.05, 0) is 24.1 Å². The van der Waals surface area contributed by atoms with Crippen molar-refractivity contribution in [1.82, 2.24) is 10.2 Å². The summed E-state index contributed by atoms with van der Waals surface area (Å²) in [6.07, 6.45) is 4.72. The lowest BCUT2D eigenvalue weighted by molar-refractivity contribution is -0.128. The van der Waals surface area contributed by atoms with E-state index >= 15 is 0 Å². The van der Waals surface area contributed by atoms with E-state index in [0.717, 1.165) is 5.56 Å². The molecule has 0 spiro atoms. The molecule has 1 aliphatic heterocycles. The number of carbonyl (C=O) groups is 2. The molecule has 1 aromatic rings. The van der Waals surface area contributed by atoms with E-state index in [1.54, 1.807) is 24.1 Å². The van der Waals surface area contributed by atoms with Gasteiger partial charge in [0.2, 0.25) is 11.8 Å². The van der Waals surface area contributed by atoms with Crippen LogP contribution in [-0.2, 0) is 9.59 Å². The maximum absolute atomic E-state index is 12.7. The van der Waals surface area contributed by atoms with Gasteiger partial charge >= 0.3 is 0 Å². The molecule has 3 rings (SSSR count). The summed E-state index contributed by atoms with van der Waals surface area (Å²) in [6.45, 7) is 0.0820. The lowest BCUT2D eigenvalue weighted by atomic mass is 9.92. The highest BCUT2D eigenvalue weighted by atomic mass is 35.5. The molecule has 0 unspecified atom stereocenters. The van der Waals surface area contributed by atoms with Crippen LogP contribution in [0.1, 0.15) is 24.4 Å². The van der Waals surface area contributed by atoms with Gasteiger partial charge in [-0.2, -0.15) is 0 Å². The van der Waals surface area contributed by atoms with Crippen LogP contribution in [0.2, 0.25) is 5.02 Å². The van der Waals surface area contributed by atoms with E-state index in [0.29, 0.717) is 11.4 Å².